The molecule has 0 aliphatic carbocycles. The molecule has 0 N–H and O–H groups in total. The first-order chi connectivity index (χ1) is 17.3. The molecule has 0 amide bonds. The van der Waals surface area contributed by atoms with Crippen molar-refractivity contribution >= 4 is 29.1 Å². The maximum absolute atomic E-state index is 13.4. The zero-order valence-electron chi connectivity index (χ0n) is 20.4. The molecular formula is C26H32F3N3O3S. The Balaban J connectivity index is 1.28. The Bertz CT molecular complexity index is 1030. The quantitative estimate of drug-likeness (QED) is 0.324. The highest BCUT2D eigenvalue weighted by atomic mass is 32.2. The summed E-state index contributed by atoms with van der Waals surface area (Å²) in [7, 11) is 0. The van der Waals surface area contributed by atoms with Crippen LogP contribution in [0.3, 0.4) is 0 Å². The van der Waals surface area contributed by atoms with Crippen molar-refractivity contribution in [1.29, 1.82) is 0 Å². The summed E-state index contributed by atoms with van der Waals surface area (Å²) in [6, 6.07) is 11.9. The standard InChI is InChI=1S/C26H32F3N3O3S/c1-2-35-25(33)19-34-17-16-31-14-12-30(13-15-31)10-5-11-32-21-6-3-4-7-23(21)36-24-9-8-20(18-22(24)32)26(27,28)29/h3-4,6-9,18H,2,5,10-17,19H2,1H3. The van der Waals surface area contributed by atoms with Gasteiger partial charge in [0.15, 0.2) is 0 Å². The first-order valence-corrected chi connectivity index (χ1v) is 13.1. The second kappa shape index (κ2) is 12.3. The second-order valence-corrected chi connectivity index (χ2v) is 9.88. The van der Waals surface area contributed by atoms with Crippen LogP contribution in [0.25, 0.3) is 0 Å². The van der Waals surface area contributed by atoms with E-state index in [0.717, 1.165) is 61.2 Å². The molecule has 2 heterocycles. The number of hydrogen-bond acceptors (Lipinski definition) is 7. The molecule has 0 radical (unpaired) electrons. The number of rotatable bonds is 10. The third-order valence-corrected chi connectivity index (χ3v) is 7.48. The first kappa shape index (κ1) is 26.8. The SMILES string of the molecule is CCOC(=O)COCCN1CCN(CCCN2c3ccccc3Sc3ccc(C(F)(F)F)cc32)CC1. The van der Waals surface area contributed by atoms with Gasteiger partial charge in [-0.1, -0.05) is 23.9 Å². The molecule has 36 heavy (non-hydrogen) atoms. The summed E-state index contributed by atoms with van der Waals surface area (Å²) in [6.45, 7) is 8.60. The van der Waals surface area contributed by atoms with Crippen LogP contribution in [0, 0.1) is 0 Å². The van der Waals surface area contributed by atoms with E-state index in [1.807, 2.05) is 29.2 Å². The molecule has 2 aliphatic rings. The molecule has 6 nitrogen and oxygen atoms in total. The van der Waals surface area contributed by atoms with Gasteiger partial charge in [-0.2, -0.15) is 13.2 Å². The summed E-state index contributed by atoms with van der Waals surface area (Å²) < 4.78 is 50.5. The first-order valence-electron chi connectivity index (χ1n) is 12.3. The largest absolute Gasteiger partial charge is 0.464 e. The Morgan fingerprint density at radius 2 is 1.64 bits per heavy atom. The smallest absolute Gasteiger partial charge is 0.416 e. The van der Waals surface area contributed by atoms with E-state index in [-0.39, 0.29) is 12.6 Å². The Morgan fingerprint density at radius 1 is 0.944 bits per heavy atom. The number of alkyl halides is 3. The summed E-state index contributed by atoms with van der Waals surface area (Å²) in [4.78, 5) is 20.0. The van der Waals surface area contributed by atoms with E-state index in [2.05, 4.69) is 9.80 Å². The number of benzene rings is 2. The fourth-order valence-corrected chi connectivity index (χ4v) is 5.56. The fourth-order valence-electron chi connectivity index (χ4n) is 4.49. The predicted molar refractivity (Wildman–Crippen MR) is 134 cm³/mol. The second-order valence-electron chi connectivity index (χ2n) is 8.80. The Morgan fingerprint density at radius 3 is 2.36 bits per heavy atom. The van der Waals surface area contributed by atoms with Crippen LogP contribution in [0.1, 0.15) is 18.9 Å². The molecule has 2 aromatic rings. The van der Waals surface area contributed by atoms with Gasteiger partial charge in [-0.3, -0.25) is 4.90 Å². The van der Waals surface area contributed by atoms with E-state index in [9.17, 15) is 18.0 Å². The highest BCUT2D eigenvalue weighted by molar-refractivity contribution is 7.99. The van der Waals surface area contributed by atoms with Gasteiger partial charge in [0, 0.05) is 49.1 Å². The molecule has 0 unspecified atom stereocenters. The van der Waals surface area contributed by atoms with Crippen molar-refractivity contribution in [3.8, 4) is 0 Å². The molecule has 4 rings (SSSR count). The number of ether oxygens (including phenoxy) is 2. The minimum absolute atomic E-state index is 0.0144. The number of carbonyl (C=O) groups is 1. The van der Waals surface area contributed by atoms with Crippen LogP contribution < -0.4 is 4.90 Å². The molecule has 196 valence electrons. The zero-order chi connectivity index (χ0) is 25.5. The maximum atomic E-state index is 13.4. The van der Waals surface area contributed by atoms with Gasteiger partial charge in [0.2, 0.25) is 0 Å². The molecule has 0 spiro atoms. The van der Waals surface area contributed by atoms with Gasteiger partial charge < -0.3 is 19.3 Å². The number of piperazine rings is 1. The molecule has 0 saturated carbocycles. The zero-order valence-corrected chi connectivity index (χ0v) is 21.2. The molecule has 2 aliphatic heterocycles. The topological polar surface area (TPSA) is 45.3 Å². The number of esters is 1. The normalized spacial score (nSPS) is 16.5. The van der Waals surface area contributed by atoms with Gasteiger partial charge in [-0.15, -0.1) is 0 Å². The van der Waals surface area contributed by atoms with Crippen LogP contribution in [0.5, 0.6) is 0 Å². The van der Waals surface area contributed by atoms with Crippen molar-refractivity contribution in [1.82, 2.24) is 9.80 Å². The van der Waals surface area contributed by atoms with Gasteiger partial charge in [-0.05, 0) is 50.2 Å². The average Bonchev–Trinajstić information content (AvgIpc) is 2.86. The number of halogens is 3. The summed E-state index contributed by atoms with van der Waals surface area (Å²) in [5, 5.41) is 0. The van der Waals surface area contributed by atoms with Gasteiger partial charge in [0.1, 0.15) is 6.61 Å². The Kier molecular flexibility index (Phi) is 9.16. The third-order valence-electron chi connectivity index (χ3n) is 6.35. The highest BCUT2D eigenvalue weighted by Gasteiger charge is 2.33. The molecule has 0 atom stereocenters. The number of fused-ring (bicyclic) bond motifs is 2. The number of anilines is 2. The Hall–Kier alpha value is -2.27. The van der Waals surface area contributed by atoms with Crippen LogP contribution in [0.4, 0.5) is 24.5 Å². The van der Waals surface area contributed by atoms with Crippen molar-refractivity contribution in [2.24, 2.45) is 0 Å². The number of para-hydroxylation sites is 1. The van der Waals surface area contributed by atoms with Crippen molar-refractivity contribution in [2.45, 2.75) is 29.3 Å². The van der Waals surface area contributed by atoms with Crippen LogP contribution >= 0.6 is 11.8 Å². The van der Waals surface area contributed by atoms with Gasteiger partial charge in [0.05, 0.1) is 30.2 Å². The van der Waals surface area contributed by atoms with Crippen molar-refractivity contribution < 1.29 is 27.4 Å². The summed E-state index contributed by atoms with van der Waals surface area (Å²) in [6.07, 6.45) is -3.52. The summed E-state index contributed by atoms with van der Waals surface area (Å²) in [5.74, 6) is -0.338. The van der Waals surface area contributed by atoms with Crippen LogP contribution in [0.15, 0.2) is 52.3 Å². The van der Waals surface area contributed by atoms with Gasteiger partial charge in [-0.25, -0.2) is 4.79 Å². The molecule has 10 heteroatoms. The number of nitrogens with zero attached hydrogens (tertiary/aromatic N) is 3. The lowest BCUT2D eigenvalue weighted by atomic mass is 10.1. The van der Waals surface area contributed by atoms with Crippen LogP contribution in [-0.2, 0) is 20.4 Å². The number of hydrogen-bond donors (Lipinski definition) is 0. The van der Waals surface area contributed by atoms with E-state index >= 15 is 0 Å². The van der Waals surface area contributed by atoms with E-state index in [0.29, 0.717) is 25.4 Å². The van der Waals surface area contributed by atoms with Crippen LogP contribution in [-0.4, -0.2) is 81.4 Å². The summed E-state index contributed by atoms with van der Waals surface area (Å²) in [5.41, 5.74) is 0.969. The minimum Gasteiger partial charge on any atom is -0.464 e. The van der Waals surface area contributed by atoms with Crippen molar-refractivity contribution in [3.05, 3.63) is 48.0 Å². The molecular weight excluding hydrogens is 491 g/mol. The third kappa shape index (κ3) is 6.94. The van der Waals surface area contributed by atoms with Gasteiger partial charge >= 0.3 is 12.1 Å². The predicted octanol–water partition coefficient (Wildman–Crippen LogP) is 4.90. The lowest BCUT2D eigenvalue weighted by Crippen LogP contribution is -2.47. The molecule has 0 aromatic heterocycles. The lowest BCUT2D eigenvalue weighted by Gasteiger charge is -2.36. The highest BCUT2D eigenvalue weighted by Crippen LogP contribution is 2.49. The van der Waals surface area contributed by atoms with E-state index < -0.39 is 11.7 Å². The fraction of sp³-hybridized carbons (Fsp3) is 0.500. The Labute approximate surface area is 214 Å². The van der Waals surface area contributed by atoms with Crippen LogP contribution in [0.2, 0.25) is 0 Å². The average molecular weight is 524 g/mol. The monoisotopic (exact) mass is 523 g/mol. The van der Waals surface area contributed by atoms with E-state index in [1.54, 1.807) is 13.0 Å². The van der Waals surface area contributed by atoms with Gasteiger partial charge in [0.25, 0.3) is 0 Å². The molecule has 1 fully saturated rings. The van der Waals surface area contributed by atoms with E-state index in [4.69, 9.17) is 9.47 Å². The number of carbonyl (C=O) groups excluding carboxylic acids is 1. The van der Waals surface area contributed by atoms with Crippen molar-refractivity contribution in [2.75, 3.05) is 70.5 Å². The maximum Gasteiger partial charge on any atom is 0.416 e. The molecule has 1 saturated heterocycles. The lowest BCUT2D eigenvalue weighted by molar-refractivity contribution is -0.148. The summed E-state index contributed by atoms with van der Waals surface area (Å²) >= 11 is 1.52. The molecule has 0 bridgehead atoms. The molecule has 2 aromatic carbocycles. The minimum atomic E-state index is -4.37. The van der Waals surface area contributed by atoms with E-state index in [1.165, 1.54) is 23.9 Å². The van der Waals surface area contributed by atoms with Crippen molar-refractivity contribution in [3.63, 3.8) is 0 Å².